The molecule has 11 nitrogen and oxygen atoms in total. The topological polar surface area (TPSA) is 139 Å². The van der Waals surface area contributed by atoms with Crippen LogP contribution in [0.1, 0.15) is 30.3 Å². The molecule has 0 aliphatic carbocycles. The van der Waals surface area contributed by atoms with E-state index in [2.05, 4.69) is 20.6 Å². The van der Waals surface area contributed by atoms with Crippen molar-refractivity contribution in [2.24, 2.45) is 0 Å². The highest BCUT2D eigenvalue weighted by molar-refractivity contribution is 5.95. The Balaban J connectivity index is 1.56. The predicted molar refractivity (Wildman–Crippen MR) is 139 cm³/mol. The molecule has 3 N–H and O–H groups in total. The zero-order valence-electron chi connectivity index (χ0n) is 21.2. The maximum absolute atomic E-state index is 13.1. The average Bonchev–Trinajstić information content (AvgIpc) is 3.39. The molecule has 0 radical (unpaired) electrons. The Morgan fingerprint density at radius 3 is 2.76 bits per heavy atom. The minimum absolute atomic E-state index is 0.202. The fourth-order valence-electron chi connectivity index (χ4n) is 4.19. The van der Waals surface area contributed by atoms with Crippen molar-refractivity contribution in [2.75, 3.05) is 26.2 Å². The molecule has 1 aliphatic heterocycles. The second-order valence-corrected chi connectivity index (χ2v) is 9.05. The summed E-state index contributed by atoms with van der Waals surface area (Å²) < 4.78 is 7.94. The molecular weight excluding hydrogens is 488 g/mol. The van der Waals surface area contributed by atoms with Gasteiger partial charge in [0, 0.05) is 43.8 Å². The van der Waals surface area contributed by atoms with Gasteiger partial charge in [0.2, 0.25) is 11.8 Å². The van der Waals surface area contributed by atoms with E-state index in [4.69, 9.17) is 4.74 Å². The second-order valence-electron chi connectivity index (χ2n) is 9.05. The fourth-order valence-corrected chi connectivity index (χ4v) is 4.19. The number of aryl methyl sites for hydroxylation is 1. The summed E-state index contributed by atoms with van der Waals surface area (Å²) in [5, 5.41) is 15.5. The summed E-state index contributed by atoms with van der Waals surface area (Å²) in [6, 6.07) is 11.4. The van der Waals surface area contributed by atoms with Crippen LogP contribution in [0.25, 0.3) is 11.4 Å². The number of aliphatic hydroxyl groups excluding tert-OH is 1. The molecule has 3 heterocycles. The Hall–Kier alpha value is -4.25. The lowest BCUT2D eigenvalue weighted by Crippen LogP contribution is -2.55. The van der Waals surface area contributed by atoms with E-state index >= 15 is 0 Å². The van der Waals surface area contributed by atoms with Gasteiger partial charge in [0.1, 0.15) is 23.3 Å². The quantitative estimate of drug-likeness (QED) is 0.462. The number of amides is 3. The van der Waals surface area contributed by atoms with Crippen LogP contribution in [0, 0.1) is 0 Å². The molecule has 0 saturated carbocycles. The van der Waals surface area contributed by atoms with Crippen molar-refractivity contribution in [3.8, 4) is 17.1 Å². The second kappa shape index (κ2) is 12.8. The van der Waals surface area contributed by atoms with Crippen molar-refractivity contribution < 1.29 is 24.2 Å². The van der Waals surface area contributed by atoms with Gasteiger partial charge in [-0.1, -0.05) is 18.2 Å². The number of ether oxygens (including phenoxy) is 1. The third-order valence-electron chi connectivity index (χ3n) is 6.11. The minimum atomic E-state index is -1.16. The highest BCUT2D eigenvalue weighted by Gasteiger charge is 2.27. The number of rotatable bonds is 2. The van der Waals surface area contributed by atoms with Crippen molar-refractivity contribution >= 4 is 17.7 Å². The van der Waals surface area contributed by atoms with Crippen molar-refractivity contribution in [3.63, 3.8) is 0 Å². The minimum Gasteiger partial charge on any atom is -0.494 e. The van der Waals surface area contributed by atoms with Gasteiger partial charge in [-0.3, -0.25) is 19.4 Å². The summed E-state index contributed by atoms with van der Waals surface area (Å²) in [5.74, 6) is -0.0347. The van der Waals surface area contributed by atoms with Gasteiger partial charge in [-0.25, -0.2) is 4.98 Å². The van der Waals surface area contributed by atoms with Crippen LogP contribution in [0.2, 0.25) is 0 Å². The average molecular weight is 521 g/mol. The van der Waals surface area contributed by atoms with Crippen LogP contribution in [0.5, 0.6) is 5.75 Å². The summed E-state index contributed by atoms with van der Waals surface area (Å²) in [6.07, 6.45) is 5.03. The fraction of sp³-hybridized carbons (Fsp3) is 0.370. The summed E-state index contributed by atoms with van der Waals surface area (Å²) >= 11 is 0. The molecule has 200 valence electrons. The number of imidazole rings is 1. The molecule has 11 heteroatoms. The van der Waals surface area contributed by atoms with Crippen molar-refractivity contribution in [2.45, 2.75) is 38.5 Å². The molecule has 38 heavy (non-hydrogen) atoms. The van der Waals surface area contributed by atoms with E-state index in [1.54, 1.807) is 24.4 Å². The monoisotopic (exact) mass is 520 g/mol. The maximum atomic E-state index is 13.1. The van der Waals surface area contributed by atoms with Gasteiger partial charge in [-0.05, 0) is 44.0 Å². The van der Waals surface area contributed by atoms with Gasteiger partial charge in [-0.2, -0.15) is 0 Å². The maximum Gasteiger partial charge on any atom is 0.272 e. The first-order valence-corrected chi connectivity index (χ1v) is 12.6. The van der Waals surface area contributed by atoms with Crippen molar-refractivity contribution in [3.05, 3.63) is 66.7 Å². The van der Waals surface area contributed by atoms with Gasteiger partial charge in [-0.15, -0.1) is 0 Å². The van der Waals surface area contributed by atoms with Crippen LogP contribution in [-0.4, -0.2) is 80.6 Å². The Morgan fingerprint density at radius 2 is 1.97 bits per heavy atom. The summed E-state index contributed by atoms with van der Waals surface area (Å²) in [7, 11) is 0. The molecule has 2 atom stereocenters. The molecule has 4 rings (SSSR count). The number of aromatic nitrogens is 3. The Morgan fingerprint density at radius 1 is 1.11 bits per heavy atom. The third-order valence-corrected chi connectivity index (χ3v) is 6.11. The lowest BCUT2D eigenvalue weighted by Gasteiger charge is -2.25. The molecule has 1 aliphatic rings. The summed E-state index contributed by atoms with van der Waals surface area (Å²) in [6.45, 7) is 2.60. The molecule has 2 aromatic heterocycles. The SMILES string of the molecule is C[C@@H](O)[C@@H]1NC(=O)CN(C(=O)c2ccccn2)CCCOc2cccc(c2)-c2nccn2CCCNC1=O. The Bertz CT molecular complexity index is 1250. The number of nitrogens with one attached hydrogen (secondary N) is 2. The third kappa shape index (κ3) is 6.94. The molecule has 2 bridgehead atoms. The molecular formula is C27H32N6O5. The standard InChI is InChI=1S/C27H32N6O5/c1-19(34)24-26(36)30-11-5-13-32-15-12-29-25(32)20-7-4-8-21(17-20)38-16-6-14-33(18-23(35)31-24)27(37)22-9-2-3-10-28-22/h2-4,7-10,12,15,17,19,24,34H,5-6,11,13-14,16,18H2,1H3,(H,30,36)(H,31,35)/t19-,24+/m1/s1. The molecule has 0 fully saturated rings. The number of hydrogen-bond acceptors (Lipinski definition) is 7. The van der Waals surface area contributed by atoms with Crippen LogP contribution in [0.4, 0.5) is 0 Å². The number of carbonyl (C=O) groups excluding carboxylic acids is 3. The number of pyridine rings is 1. The van der Waals surface area contributed by atoms with Gasteiger partial charge in [0.05, 0.1) is 19.3 Å². The highest BCUT2D eigenvalue weighted by Crippen LogP contribution is 2.23. The molecule has 0 unspecified atom stereocenters. The van der Waals surface area contributed by atoms with Gasteiger partial charge < -0.3 is 29.9 Å². The summed E-state index contributed by atoms with van der Waals surface area (Å²) in [5.41, 5.74) is 1.10. The molecule has 0 saturated heterocycles. The molecule has 1 aromatic carbocycles. The first kappa shape index (κ1) is 26.8. The van der Waals surface area contributed by atoms with Crippen LogP contribution >= 0.6 is 0 Å². The lowest BCUT2D eigenvalue weighted by atomic mass is 10.1. The normalized spacial score (nSPS) is 18.5. The van der Waals surface area contributed by atoms with Crippen LogP contribution in [-0.2, 0) is 16.1 Å². The predicted octanol–water partition coefficient (Wildman–Crippen LogP) is 1.24. The number of aliphatic hydroxyl groups is 1. The van der Waals surface area contributed by atoms with Gasteiger partial charge in [0.25, 0.3) is 5.91 Å². The Kier molecular flexibility index (Phi) is 9.04. The number of fused-ring (bicyclic) bond motifs is 4. The van der Waals surface area contributed by atoms with Crippen molar-refractivity contribution in [1.82, 2.24) is 30.1 Å². The van der Waals surface area contributed by atoms with E-state index in [-0.39, 0.29) is 18.8 Å². The molecule has 3 amide bonds. The molecule has 0 spiro atoms. The lowest BCUT2D eigenvalue weighted by molar-refractivity contribution is -0.131. The van der Waals surface area contributed by atoms with E-state index in [1.807, 2.05) is 35.0 Å². The highest BCUT2D eigenvalue weighted by atomic mass is 16.5. The first-order valence-electron chi connectivity index (χ1n) is 12.6. The van der Waals surface area contributed by atoms with Crippen LogP contribution in [0.15, 0.2) is 61.1 Å². The zero-order chi connectivity index (χ0) is 26.9. The number of hydrogen-bond donors (Lipinski definition) is 3. The van der Waals surface area contributed by atoms with Crippen LogP contribution in [0.3, 0.4) is 0 Å². The van der Waals surface area contributed by atoms with E-state index in [9.17, 15) is 19.5 Å². The smallest absolute Gasteiger partial charge is 0.272 e. The van der Waals surface area contributed by atoms with E-state index in [0.717, 1.165) is 11.4 Å². The van der Waals surface area contributed by atoms with E-state index in [1.165, 1.54) is 18.0 Å². The molecule has 3 aromatic rings. The van der Waals surface area contributed by atoms with Crippen molar-refractivity contribution in [1.29, 1.82) is 0 Å². The number of benzene rings is 1. The van der Waals surface area contributed by atoms with E-state index < -0.39 is 29.9 Å². The Labute approximate surface area is 220 Å². The van der Waals surface area contributed by atoms with E-state index in [0.29, 0.717) is 38.3 Å². The van der Waals surface area contributed by atoms with Crippen LogP contribution < -0.4 is 15.4 Å². The zero-order valence-corrected chi connectivity index (χ0v) is 21.2. The number of nitrogens with zero attached hydrogens (tertiary/aromatic N) is 4. The first-order chi connectivity index (χ1) is 18.4. The summed E-state index contributed by atoms with van der Waals surface area (Å²) in [4.78, 5) is 48.7. The van der Waals surface area contributed by atoms with Gasteiger partial charge >= 0.3 is 0 Å². The largest absolute Gasteiger partial charge is 0.494 e. The van der Waals surface area contributed by atoms with Gasteiger partial charge in [0.15, 0.2) is 0 Å². The number of carbonyl (C=O) groups is 3.